The van der Waals surface area contributed by atoms with Crippen molar-refractivity contribution in [2.24, 2.45) is 0 Å². The molecule has 1 unspecified atom stereocenters. The number of hydrogen-bond acceptors (Lipinski definition) is 4. The van der Waals surface area contributed by atoms with Gasteiger partial charge in [-0.25, -0.2) is 4.79 Å². The van der Waals surface area contributed by atoms with Crippen LogP contribution in [0.15, 0.2) is 6.07 Å². The maximum Gasteiger partial charge on any atom is 0.349 e. The molecule has 0 amide bonds. The van der Waals surface area contributed by atoms with Gasteiger partial charge in [0.25, 0.3) is 0 Å². The Kier molecular flexibility index (Phi) is 4.53. The second kappa shape index (κ2) is 5.69. The van der Waals surface area contributed by atoms with Crippen molar-refractivity contribution in [2.45, 2.75) is 39.2 Å². The van der Waals surface area contributed by atoms with Crippen LogP contribution in [0.3, 0.4) is 0 Å². The molecule has 1 aromatic heterocycles. The van der Waals surface area contributed by atoms with Crippen LogP contribution in [0, 0.1) is 11.3 Å². The van der Waals surface area contributed by atoms with E-state index < -0.39 is 12.1 Å². The van der Waals surface area contributed by atoms with E-state index in [-0.39, 0.29) is 10.8 Å². The molecule has 92 valence electrons. The number of nitrogens with zero attached hydrogens (tertiary/aromatic N) is 1. The lowest BCUT2D eigenvalue weighted by Gasteiger charge is -2.08. The fraction of sp³-hybridized carbons (Fsp3) is 0.500. The summed E-state index contributed by atoms with van der Waals surface area (Å²) in [5.41, 5.74) is 0. The maximum atomic E-state index is 11.1. The Morgan fingerprint density at radius 2 is 2.29 bits per heavy atom. The Morgan fingerprint density at radius 1 is 1.65 bits per heavy atom. The Morgan fingerprint density at radius 3 is 2.71 bits per heavy atom. The molecular formula is C12H15NO3S. The molecule has 0 radical (unpaired) electrons. The van der Waals surface area contributed by atoms with Crippen molar-refractivity contribution in [3.63, 3.8) is 0 Å². The van der Waals surface area contributed by atoms with E-state index in [0.29, 0.717) is 12.2 Å². The molecule has 1 rings (SSSR count). The molecule has 0 aliphatic heterocycles. The SMILES string of the molecule is CCC(C#N)Oc1cc(C(C)C)sc1C(=O)O. The number of carbonyl (C=O) groups is 1. The van der Waals surface area contributed by atoms with Gasteiger partial charge in [0.15, 0.2) is 11.0 Å². The molecular weight excluding hydrogens is 238 g/mol. The smallest absolute Gasteiger partial charge is 0.349 e. The lowest BCUT2D eigenvalue weighted by atomic mass is 10.2. The van der Waals surface area contributed by atoms with Crippen LogP contribution in [0.5, 0.6) is 5.75 Å². The Labute approximate surface area is 104 Å². The molecule has 5 heteroatoms. The van der Waals surface area contributed by atoms with Crippen molar-refractivity contribution in [1.82, 2.24) is 0 Å². The average molecular weight is 253 g/mol. The molecule has 17 heavy (non-hydrogen) atoms. The fourth-order valence-electron chi connectivity index (χ4n) is 1.27. The summed E-state index contributed by atoms with van der Waals surface area (Å²) in [7, 11) is 0. The lowest BCUT2D eigenvalue weighted by Crippen LogP contribution is -2.13. The van der Waals surface area contributed by atoms with Crippen molar-refractivity contribution in [3.05, 3.63) is 15.8 Å². The van der Waals surface area contributed by atoms with Gasteiger partial charge in [-0.2, -0.15) is 5.26 Å². The lowest BCUT2D eigenvalue weighted by molar-refractivity contribution is 0.0696. The van der Waals surface area contributed by atoms with Crippen molar-refractivity contribution in [2.75, 3.05) is 0 Å². The second-order valence-electron chi connectivity index (χ2n) is 3.95. The molecule has 0 aliphatic carbocycles. The average Bonchev–Trinajstić information content (AvgIpc) is 2.69. The molecule has 1 aromatic rings. The molecule has 1 heterocycles. The van der Waals surface area contributed by atoms with Crippen LogP contribution in [0.2, 0.25) is 0 Å². The molecule has 1 atom stereocenters. The highest BCUT2D eigenvalue weighted by Gasteiger charge is 2.20. The Hall–Kier alpha value is -1.54. The van der Waals surface area contributed by atoms with Crippen LogP contribution in [0.4, 0.5) is 0 Å². The molecule has 4 nitrogen and oxygen atoms in total. The van der Waals surface area contributed by atoms with Gasteiger partial charge in [0.2, 0.25) is 0 Å². The van der Waals surface area contributed by atoms with Gasteiger partial charge < -0.3 is 9.84 Å². The number of rotatable bonds is 5. The number of ether oxygens (including phenoxy) is 1. The first-order valence-electron chi connectivity index (χ1n) is 5.42. The molecule has 0 bridgehead atoms. The second-order valence-corrected chi connectivity index (χ2v) is 5.03. The number of nitriles is 1. The number of thiophene rings is 1. The topological polar surface area (TPSA) is 70.3 Å². The van der Waals surface area contributed by atoms with E-state index in [4.69, 9.17) is 15.1 Å². The third-order valence-electron chi connectivity index (χ3n) is 2.26. The van der Waals surface area contributed by atoms with Crippen LogP contribution in [0.25, 0.3) is 0 Å². The van der Waals surface area contributed by atoms with E-state index in [0.717, 1.165) is 4.88 Å². The van der Waals surface area contributed by atoms with Crippen molar-refractivity contribution >= 4 is 17.3 Å². The van der Waals surface area contributed by atoms with Gasteiger partial charge in [-0.3, -0.25) is 0 Å². The van der Waals surface area contributed by atoms with Gasteiger partial charge in [0.1, 0.15) is 11.8 Å². The fourth-order valence-corrected chi connectivity index (χ4v) is 2.20. The summed E-state index contributed by atoms with van der Waals surface area (Å²) in [5.74, 6) is -0.457. The highest BCUT2D eigenvalue weighted by atomic mass is 32.1. The molecule has 0 fully saturated rings. The van der Waals surface area contributed by atoms with Crippen LogP contribution < -0.4 is 4.74 Å². The van der Waals surface area contributed by atoms with Gasteiger partial charge >= 0.3 is 5.97 Å². The Bertz CT molecular complexity index is 445. The largest absolute Gasteiger partial charge is 0.477 e. The predicted octanol–water partition coefficient (Wildman–Crippen LogP) is 3.25. The van der Waals surface area contributed by atoms with Crippen LogP contribution >= 0.6 is 11.3 Å². The molecule has 0 aliphatic rings. The highest BCUT2D eigenvalue weighted by molar-refractivity contribution is 7.14. The van der Waals surface area contributed by atoms with Crippen molar-refractivity contribution in [3.8, 4) is 11.8 Å². The summed E-state index contributed by atoms with van der Waals surface area (Å²) in [5, 5.41) is 17.9. The van der Waals surface area contributed by atoms with Gasteiger partial charge in [0, 0.05) is 4.88 Å². The normalized spacial score (nSPS) is 12.2. The first kappa shape index (κ1) is 13.5. The number of carboxylic acid groups (broad SMARTS) is 1. The quantitative estimate of drug-likeness (QED) is 0.874. The van der Waals surface area contributed by atoms with E-state index in [1.54, 1.807) is 6.07 Å². The molecule has 0 saturated heterocycles. The third kappa shape index (κ3) is 3.21. The summed E-state index contributed by atoms with van der Waals surface area (Å²) in [4.78, 5) is 12.2. The van der Waals surface area contributed by atoms with E-state index in [9.17, 15) is 4.79 Å². The van der Waals surface area contributed by atoms with Gasteiger partial charge in [-0.05, 0) is 18.4 Å². The van der Waals surface area contributed by atoms with E-state index in [1.807, 2.05) is 26.8 Å². The van der Waals surface area contributed by atoms with E-state index >= 15 is 0 Å². The molecule has 0 spiro atoms. The summed E-state index contributed by atoms with van der Waals surface area (Å²) < 4.78 is 5.40. The molecule has 0 saturated carbocycles. The standard InChI is InChI=1S/C12H15NO3S/c1-4-8(6-13)16-9-5-10(7(2)3)17-11(9)12(14)15/h5,7-8H,4H2,1-3H3,(H,14,15). The van der Waals surface area contributed by atoms with E-state index in [2.05, 4.69) is 0 Å². The zero-order chi connectivity index (χ0) is 13.0. The molecule has 0 aromatic carbocycles. The van der Waals surface area contributed by atoms with Crippen LogP contribution in [-0.2, 0) is 0 Å². The van der Waals surface area contributed by atoms with Crippen molar-refractivity contribution < 1.29 is 14.6 Å². The predicted molar refractivity (Wildman–Crippen MR) is 65.7 cm³/mol. The number of carboxylic acids is 1. The summed E-state index contributed by atoms with van der Waals surface area (Å²) in [6, 6.07) is 3.72. The minimum absolute atomic E-state index is 0.169. The highest BCUT2D eigenvalue weighted by Crippen LogP contribution is 2.34. The van der Waals surface area contributed by atoms with E-state index in [1.165, 1.54) is 11.3 Å². The Balaban J connectivity index is 3.05. The summed E-state index contributed by atoms with van der Waals surface area (Å²) in [6.07, 6.45) is -0.0645. The number of hydrogen-bond donors (Lipinski definition) is 1. The van der Waals surface area contributed by atoms with Crippen molar-refractivity contribution in [1.29, 1.82) is 5.26 Å². The van der Waals surface area contributed by atoms with Gasteiger partial charge in [-0.15, -0.1) is 11.3 Å². The minimum atomic E-state index is -1.01. The molecule has 1 N–H and O–H groups in total. The van der Waals surface area contributed by atoms with Crippen LogP contribution in [0.1, 0.15) is 47.7 Å². The summed E-state index contributed by atoms with van der Waals surface area (Å²) >= 11 is 1.20. The maximum absolute atomic E-state index is 11.1. The zero-order valence-corrected chi connectivity index (χ0v) is 10.9. The minimum Gasteiger partial charge on any atom is -0.477 e. The summed E-state index contributed by atoms with van der Waals surface area (Å²) in [6.45, 7) is 5.80. The van der Waals surface area contributed by atoms with Crippen LogP contribution in [-0.4, -0.2) is 17.2 Å². The monoisotopic (exact) mass is 253 g/mol. The first-order valence-corrected chi connectivity index (χ1v) is 6.24. The first-order chi connectivity index (χ1) is 7.99. The van der Waals surface area contributed by atoms with Gasteiger partial charge in [-0.1, -0.05) is 20.8 Å². The number of aromatic carboxylic acids is 1. The van der Waals surface area contributed by atoms with Gasteiger partial charge in [0.05, 0.1) is 0 Å². The zero-order valence-electron chi connectivity index (χ0n) is 10.1. The third-order valence-corrected chi connectivity index (χ3v) is 3.67.